The van der Waals surface area contributed by atoms with Crippen LogP contribution in [0.15, 0.2) is 66.9 Å². The Bertz CT molecular complexity index is 1060. The van der Waals surface area contributed by atoms with E-state index in [1.54, 1.807) is 47.5 Å². The molecule has 0 fully saturated rings. The minimum absolute atomic E-state index is 0.0645. The first-order valence-corrected chi connectivity index (χ1v) is 10.7. The van der Waals surface area contributed by atoms with Gasteiger partial charge in [0.05, 0.1) is 12.2 Å². The molecule has 0 aliphatic heterocycles. The highest BCUT2D eigenvalue weighted by Crippen LogP contribution is 2.22. The Morgan fingerprint density at radius 2 is 1.69 bits per heavy atom. The van der Waals surface area contributed by atoms with Crippen LogP contribution >= 0.6 is 0 Å². The molecule has 2 amide bonds. The van der Waals surface area contributed by atoms with Gasteiger partial charge in [0.25, 0.3) is 11.8 Å². The third-order valence-corrected chi connectivity index (χ3v) is 4.90. The summed E-state index contributed by atoms with van der Waals surface area (Å²) in [6, 6.07) is 17.8. The van der Waals surface area contributed by atoms with E-state index in [0.29, 0.717) is 42.3 Å². The summed E-state index contributed by atoms with van der Waals surface area (Å²) in [7, 11) is 0. The number of ether oxygens (including phenoxy) is 1. The number of anilines is 3. The molecule has 0 unspecified atom stereocenters. The standard InChI is InChI=1S/C25H28N4O3/c1-4-29(5-2)25(31)18-9-7-10-20(17-18)28-24(30)22-11-8-16-26-23(22)27-19-12-14-21(15-13-19)32-6-3/h7-17H,4-6H2,1-3H3,(H,26,27)(H,28,30). The van der Waals surface area contributed by atoms with Crippen LogP contribution in [0.2, 0.25) is 0 Å². The summed E-state index contributed by atoms with van der Waals surface area (Å²) in [5.41, 5.74) is 2.25. The predicted molar refractivity (Wildman–Crippen MR) is 127 cm³/mol. The lowest BCUT2D eigenvalue weighted by Gasteiger charge is -2.19. The molecular formula is C25H28N4O3. The summed E-state index contributed by atoms with van der Waals surface area (Å²) in [5.74, 6) is 0.824. The monoisotopic (exact) mass is 432 g/mol. The van der Waals surface area contributed by atoms with Crippen LogP contribution in [0.3, 0.4) is 0 Å². The molecule has 0 aliphatic carbocycles. The summed E-state index contributed by atoms with van der Waals surface area (Å²) >= 11 is 0. The summed E-state index contributed by atoms with van der Waals surface area (Å²) in [6.07, 6.45) is 1.62. The largest absolute Gasteiger partial charge is 0.494 e. The van der Waals surface area contributed by atoms with E-state index in [9.17, 15) is 9.59 Å². The zero-order valence-electron chi connectivity index (χ0n) is 18.6. The van der Waals surface area contributed by atoms with Gasteiger partial charge in [-0.2, -0.15) is 0 Å². The predicted octanol–water partition coefficient (Wildman–Crippen LogP) is 4.96. The van der Waals surface area contributed by atoms with Crippen molar-refractivity contribution < 1.29 is 14.3 Å². The number of aromatic nitrogens is 1. The maximum Gasteiger partial charge on any atom is 0.259 e. The van der Waals surface area contributed by atoms with Crippen LogP contribution in [0.1, 0.15) is 41.5 Å². The molecule has 0 bridgehead atoms. The molecule has 0 atom stereocenters. The first kappa shape index (κ1) is 22.8. The van der Waals surface area contributed by atoms with Gasteiger partial charge in [-0.15, -0.1) is 0 Å². The lowest BCUT2D eigenvalue weighted by Crippen LogP contribution is -2.30. The van der Waals surface area contributed by atoms with E-state index in [4.69, 9.17) is 4.74 Å². The van der Waals surface area contributed by atoms with E-state index in [-0.39, 0.29) is 11.8 Å². The van der Waals surface area contributed by atoms with Gasteiger partial charge in [-0.1, -0.05) is 6.07 Å². The number of carbonyl (C=O) groups excluding carboxylic acids is 2. The van der Waals surface area contributed by atoms with Gasteiger partial charge >= 0.3 is 0 Å². The number of benzene rings is 2. The van der Waals surface area contributed by atoms with E-state index in [1.807, 2.05) is 45.0 Å². The van der Waals surface area contributed by atoms with Gasteiger partial charge in [0.15, 0.2) is 0 Å². The summed E-state index contributed by atoms with van der Waals surface area (Å²) in [6.45, 7) is 7.66. The number of hydrogen-bond donors (Lipinski definition) is 2. The van der Waals surface area contributed by atoms with E-state index in [2.05, 4.69) is 15.6 Å². The van der Waals surface area contributed by atoms with Crippen molar-refractivity contribution >= 4 is 29.0 Å². The fraction of sp³-hybridized carbons (Fsp3) is 0.240. The Labute approximate surface area is 188 Å². The van der Waals surface area contributed by atoms with Crippen molar-refractivity contribution in [2.24, 2.45) is 0 Å². The topological polar surface area (TPSA) is 83.6 Å². The Hall–Kier alpha value is -3.87. The molecule has 3 rings (SSSR count). The maximum absolute atomic E-state index is 13.0. The molecule has 1 heterocycles. The number of amides is 2. The Morgan fingerprint density at radius 1 is 0.938 bits per heavy atom. The van der Waals surface area contributed by atoms with Crippen LogP contribution in [0.4, 0.5) is 17.2 Å². The van der Waals surface area contributed by atoms with E-state index >= 15 is 0 Å². The molecule has 7 nitrogen and oxygen atoms in total. The van der Waals surface area contributed by atoms with Gasteiger partial charge in [0.1, 0.15) is 11.6 Å². The Balaban J connectivity index is 1.76. The normalized spacial score (nSPS) is 10.3. The molecule has 7 heteroatoms. The molecule has 0 radical (unpaired) electrons. The van der Waals surface area contributed by atoms with Crippen molar-refractivity contribution in [2.75, 3.05) is 30.3 Å². The van der Waals surface area contributed by atoms with Gasteiger partial charge in [-0.3, -0.25) is 9.59 Å². The fourth-order valence-corrected chi connectivity index (χ4v) is 3.25. The van der Waals surface area contributed by atoms with Crippen molar-refractivity contribution in [2.45, 2.75) is 20.8 Å². The first-order chi connectivity index (χ1) is 15.5. The van der Waals surface area contributed by atoms with Crippen molar-refractivity contribution in [3.05, 3.63) is 78.0 Å². The zero-order chi connectivity index (χ0) is 22.9. The number of pyridine rings is 1. The van der Waals surface area contributed by atoms with Crippen molar-refractivity contribution in [1.29, 1.82) is 0 Å². The molecule has 166 valence electrons. The van der Waals surface area contributed by atoms with Crippen LogP contribution in [0, 0.1) is 0 Å². The molecule has 3 aromatic rings. The molecule has 2 aromatic carbocycles. The van der Waals surface area contributed by atoms with Gasteiger partial charge in [0, 0.05) is 36.2 Å². The third kappa shape index (κ3) is 5.63. The van der Waals surface area contributed by atoms with Crippen LogP contribution in [-0.4, -0.2) is 41.4 Å². The van der Waals surface area contributed by atoms with Crippen LogP contribution in [-0.2, 0) is 0 Å². The molecule has 0 aliphatic rings. The van der Waals surface area contributed by atoms with Crippen LogP contribution in [0.25, 0.3) is 0 Å². The zero-order valence-corrected chi connectivity index (χ0v) is 18.6. The first-order valence-electron chi connectivity index (χ1n) is 10.7. The highest BCUT2D eigenvalue weighted by Gasteiger charge is 2.16. The molecule has 32 heavy (non-hydrogen) atoms. The minimum atomic E-state index is -0.320. The van der Waals surface area contributed by atoms with Gasteiger partial charge in [0.2, 0.25) is 0 Å². The van der Waals surface area contributed by atoms with Crippen LogP contribution in [0.5, 0.6) is 5.75 Å². The van der Waals surface area contributed by atoms with Gasteiger partial charge < -0.3 is 20.3 Å². The van der Waals surface area contributed by atoms with Crippen molar-refractivity contribution in [1.82, 2.24) is 9.88 Å². The molecule has 1 aromatic heterocycles. The molecule has 2 N–H and O–H groups in total. The Morgan fingerprint density at radius 3 is 2.38 bits per heavy atom. The smallest absolute Gasteiger partial charge is 0.259 e. The number of nitrogens with zero attached hydrogens (tertiary/aromatic N) is 2. The van der Waals surface area contributed by atoms with Crippen molar-refractivity contribution in [3.63, 3.8) is 0 Å². The third-order valence-electron chi connectivity index (χ3n) is 4.90. The minimum Gasteiger partial charge on any atom is -0.494 e. The lowest BCUT2D eigenvalue weighted by molar-refractivity contribution is 0.0772. The second-order valence-electron chi connectivity index (χ2n) is 6.99. The van der Waals surface area contributed by atoms with E-state index in [0.717, 1.165) is 11.4 Å². The number of nitrogens with one attached hydrogen (secondary N) is 2. The number of hydrogen-bond acceptors (Lipinski definition) is 5. The highest BCUT2D eigenvalue weighted by atomic mass is 16.5. The average molecular weight is 433 g/mol. The maximum atomic E-state index is 13.0. The quantitative estimate of drug-likeness (QED) is 0.499. The van der Waals surface area contributed by atoms with Crippen molar-refractivity contribution in [3.8, 4) is 5.75 Å². The Kier molecular flexibility index (Phi) is 7.80. The van der Waals surface area contributed by atoms with Gasteiger partial charge in [-0.05, 0) is 75.4 Å². The van der Waals surface area contributed by atoms with E-state index < -0.39 is 0 Å². The fourth-order valence-electron chi connectivity index (χ4n) is 3.25. The number of rotatable bonds is 9. The number of carbonyl (C=O) groups is 2. The molecule has 0 saturated carbocycles. The lowest BCUT2D eigenvalue weighted by atomic mass is 10.1. The SMILES string of the molecule is CCOc1ccc(Nc2ncccc2C(=O)Nc2cccc(C(=O)N(CC)CC)c2)cc1. The van der Waals surface area contributed by atoms with Crippen LogP contribution < -0.4 is 15.4 Å². The van der Waals surface area contributed by atoms with E-state index in [1.165, 1.54) is 0 Å². The second-order valence-corrected chi connectivity index (χ2v) is 6.99. The summed E-state index contributed by atoms with van der Waals surface area (Å²) in [5, 5.41) is 6.05. The molecule has 0 saturated heterocycles. The average Bonchev–Trinajstić information content (AvgIpc) is 2.82. The molecule has 0 spiro atoms. The van der Waals surface area contributed by atoms with Gasteiger partial charge in [-0.25, -0.2) is 4.98 Å². The summed E-state index contributed by atoms with van der Waals surface area (Å²) in [4.78, 5) is 31.7. The molecular weight excluding hydrogens is 404 g/mol. The highest BCUT2D eigenvalue weighted by molar-refractivity contribution is 6.08. The summed E-state index contributed by atoms with van der Waals surface area (Å²) < 4.78 is 5.46. The second kappa shape index (κ2) is 10.9.